The summed E-state index contributed by atoms with van der Waals surface area (Å²) in [6.45, 7) is 1.83. The van der Waals surface area contributed by atoms with Crippen LogP contribution in [0.1, 0.15) is 51.4 Å². The SMILES string of the molecule is CN(C)CCC(O)C1CCOC2(CCCCC2)C1. The van der Waals surface area contributed by atoms with Crippen LogP contribution in [0.2, 0.25) is 0 Å². The molecule has 0 aromatic rings. The van der Waals surface area contributed by atoms with E-state index in [1.165, 1.54) is 32.1 Å². The summed E-state index contributed by atoms with van der Waals surface area (Å²) in [5.74, 6) is 0.455. The van der Waals surface area contributed by atoms with E-state index in [0.717, 1.165) is 32.4 Å². The van der Waals surface area contributed by atoms with E-state index in [9.17, 15) is 5.11 Å². The van der Waals surface area contributed by atoms with Crippen LogP contribution in [0, 0.1) is 5.92 Å². The van der Waals surface area contributed by atoms with Crippen molar-refractivity contribution in [1.29, 1.82) is 0 Å². The molecule has 1 heterocycles. The van der Waals surface area contributed by atoms with Crippen molar-refractivity contribution in [1.82, 2.24) is 4.90 Å². The molecule has 106 valence electrons. The van der Waals surface area contributed by atoms with E-state index in [4.69, 9.17) is 4.74 Å². The molecule has 2 rings (SSSR count). The summed E-state index contributed by atoms with van der Waals surface area (Å²) >= 11 is 0. The Kier molecular flexibility index (Phi) is 5.05. The largest absolute Gasteiger partial charge is 0.393 e. The second kappa shape index (κ2) is 6.36. The summed E-state index contributed by atoms with van der Waals surface area (Å²) in [6.07, 6.45) is 9.27. The molecule has 2 fully saturated rings. The first-order valence-corrected chi connectivity index (χ1v) is 7.58. The molecular formula is C15H29NO2. The number of hydrogen-bond donors (Lipinski definition) is 1. The molecule has 0 bridgehead atoms. The smallest absolute Gasteiger partial charge is 0.0686 e. The quantitative estimate of drug-likeness (QED) is 0.837. The van der Waals surface area contributed by atoms with E-state index in [-0.39, 0.29) is 11.7 Å². The molecule has 18 heavy (non-hydrogen) atoms. The summed E-state index contributed by atoms with van der Waals surface area (Å²) in [5.41, 5.74) is 0.125. The first-order chi connectivity index (χ1) is 8.61. The predicted molar refractivity (Wildman–Crippen MR) is 73.7 cm³/mol. The van der Waals surface area contributed by atoms with Crippen molar-refractivity contribution >= 4 is 0 Å². The van der Waals surface area contributed by atoms with E-state index in [1.54, 1.807) is 0 Å². The molecule has 0 aromatic carbocycles. The van der Waals surface area contributed by atoms with Crippen molar-refractivity contribution in [3.63, 3.8) is 0 Å². The van der Waals surface area contributed by atoms with Gasteiger partial charge in [-0.05, 0) is 58.7 Å². The number of aliphatic hydroxyl groups excluding tert-OH is 1. The predicted octanol–water partition coefficient (Wildman–Crippen LogP) is 2.43. The molecule has 2 atom stereocenters. The fraction of sp³-hybridized carbons (Fsp3) is 1.00. The van der Waals surface area contributed by atoms with Crippen LogP contribution in [-0.2, 0) is 4.74 Å². The first kappa shape index (κ1) is 14.3. The summed E-state index contributed by atoms with van der Waals surface area (Å²) < 4.78 is 6.09. The van der Waals surface area contributed by atoms with Gasteiger partial charge in [0.1, 0.15) is 0 Å². The zero-order valence-electron chi connectivity index (χ0n) is 12.0. The summed E-state index contributed by atoms with van der Waals surface area (Å²) in [7, 11) is 4.14. The molecule has 1 aliphatic carbocycles. The molecule has 1 N–H and O–H groups in total. The van der Waals surface area contributed by atoms with Crippen molar-refractivity contribution in [3.8, 4) is 0 Å². The van der Waals surface area contributed by atoms with Crippen LogP contribution in [0.25, 0.3) is 0 Å². The average Bonchev–Trinajstić information content (AvgIpc) is 2.37. The van der Waals surface area contributed by atoms with Crippen molar-refractivity contribution in [2.24, 2.45) is 5.92 Å². The fourth-order valence-electron chi connectivity index (χ4n) is 3.56. The van der Waals surface area contributed by atoms with Gasteiger partial charge in [-0.1, -0.05) is 19.3 Å². The molecule has 0 radical (unpaired) electrons. The number of aliphatic hydroxyl groups is 1. The Hall–Kier alpha value is -0.120. The summed E-state index contributed by atoms with van der Waals surface area (Å²) in [6, 6.07) is 0. The van der Waals surface area contributed by atoms with Crippen molar-refractivity contribution in [2.45, 2.75) is 63.1 Å². The van der Waals surface area contributed by atoms with Crippen LogP contribution in [0.3, 0.4) is 0 Å². The molecule has 3 nitrogen and oxygen atoms in total. The molecule has 0 amide bonds. The Morgan fingerprint density at radius 3 is 2.67 bits per heavy atom. The monoisotopic (exact) mass is 255 g/mol. The molecule has 3 heteroatoms. The van der Waals surface area contributed by atoms with Crippen LogP contribution >= 0.6 is 0 Å². The molecule has 1 saturated carbocycles. The standard InChI is InChI=1S/C15H29NO2/c1-16(2)10-6-14(17)13-7-11-18-15(12-13)8-4-3-5-9-15/h13-14,17H,3-12H2,1-2H3. The van der Waals surface area contributed by atoms with Crippen LogP contribution in [0.15, 0.2) is 0 Å². The van der Waals surface area contributed by atoms with Gasteiger partial charge in [0.05, 0.1) is 11.7 Å². The Balaban J connectivity index is 1.85. The van der Waals surface area contributed by atoms with Gasteiger partial charge in [-0.25, -0.2) is 0 Å². The maximum Gasteiger partial charge on any atom is 0.0686 e. The molecule has 1 spiro atoms. The topological polar surface area (TPSA) is 32.7 Å². The van der Waals surface area contributed by atoms with Gasteiger partial charge in [-0.2, -0.15) is 0 Å². The minimum atomic E-state index is -0.143. The molecule has 2 aliphatic rings. The molecule has 0 aromatic heterocycles. The minimum Gasteiger partial charge on any atom is -0.393 e. The van der Waals surface area contributed by atoms with Gasteiger partial charge in [0.15, 0.2) is 0 Å². The molecule has 2 unspecified atom stereocenters. The van der Waals surface area contributed by atoms with Crippen molar-refractivity contribution in [3.05, 3.63) is 0 Å². The summed E-state index contributed by atoms with van der Waals surface area (Å²) in [5, 5.41) is 10.4. The van der Waals surface area contributed by atoms with E-state index in [2.05, 4.69) is 19.0 Å². The van der Waals surface area contributed by atoms with Gasteiger partial charge in [-0.3, -0.25) is 0 Å². The molecule has 1 aliphatic heterocycles. The van der Waals surface area contributed by atoms with Crippen LogP contribution in [0.4, 0.5) is 0 Å². The van der Waals surface area contributed by atoms with Gasteiger partial charge in [0, 0.05) is 6.61 Å². The van der Waals surface area contributed by atoms with Crippen molar-refractivity contribution in [2.75, 3.05) is 27.2 Å². The second-order valence-electron chi connectivity index (χ2n) is 6.50. The molecular weight excluding hydrogens is 226 g/mol. The van der Waals surface area contributed by atoms with E-state index in [1.807, 2.05) is 0 Å². The van der Waals surface area contributed by atoms with Gasteiger partial charge in [0.25, 0.3) is 0 Å². The Bertz CT molecular complexity index is 243. The number of nitrogens with zero attached hydrogens (tertiary/aromatic N) is 1. The Labute approximate surface area is 112 Å². The zero-order chi connectivity index (χ0) is 13.0. The van der Waals surface area contributed by atoms with E-state index in [0.29, 0.717) is 5.92 Å². The Morgan fingerprint density at radius 2 is 2.00 bits per heavy atom. The number of rotatable bonds is 4. The van der Waals surface area contributed by atoms with Crippen LogP contribution < -0.4 is 0 Å². The lowest BCUT2D eigenvalue weighted by atomic mass is 9.74. The zero-order valence-corrected chi connectivity index (χ0v) is 12.0. The lowest BCUT2D eigenvalue weighted by Crippen LogP contribution is -2.44. The third-order valence-electron chi connectivity index (χ3n) is 4.71. The lowest BCUT2D eigenvalue weighted by Gasteiger charge is -2.44. The summed E-state index contributed by atoms with van der Waals surface area (Å²) in [4.78, 5) is 2.15. The third-order valence-corrected chi connectivity index (χ3v) is 4.71. The normalized spacial score (nSPS) is 29.7. The highest BCUT2D eigenvalue weighted by atomic mass is 16.5. The van der Waals surface area contributed by atoms with Gasteiger partial charge in [-0.15, -0.1) is 0 Å². The minimum absolute atomic E-state index is 0.125. The van der Waals surface area contributed by atoms with E-state index < -0.39 is 0 Å². The van der Waals surface area contributed by atoms with E-state index >= 15 is 0 Å². The highest BCUT2D eigenvalue weighted by molar-refractivity contribution is 4.91. The highest BCUT2D eigenvalue weighted by Gasteiger charge is 2.40. The second-order valence-corrected chi connectivity index (χ2v) is 6.50. The van der Waals surface area contributed by atoms with Crippen LogP contribution in [-0.4, -0.2) is 49.0 Å². The van der Waals surface area contributed by atoms with Gasteiger partial charge in [0.2, 0.25) is 0 Å². The van der Waals surface area contributed by atoms with Gasteiger partial charge < -0.3 is 14.7 Å². The number of hydrogen-bond acceptors (Lipinski definition) is 3. The average molecular weight is 255 g/mol. The van der Waals surface area contributed by atoms with Gasteiger partial charge >= 0.3 is 0 Å². The maximum atomic E-state index is 10.4. The third kappa shape index (κ3) is 3.69. The van der Waals surface area contributed by atoms with Crippen molar-refractivity contribution < 1.29 is 9.84 Å². The first-order valence-electron chi connectivity index (χ1n) is 7.58. The number of ether oxygens (including phenoxy) is 1. The molecule has 1 saturated heterocycles. The fourth-order valence-corrected chi connectivity index (χ4v) is 3.56. The highest BCUT2D eigenvalue weighted by Crippen LogP contribution is 2.41. The maximum absolute atomic E-state index is 10.4. The van der Waals surface area contributed by atoms with Crippen LogP contribution in [0.5, 0.6) is 0 Å². The lowest BCUT2D eigenvalue weighted by molar-refractivity contribution is -0.134. The Morgan fingerprint density at radius 1 is 1.28 bits per heavy atom.